The second-order valence-corrected chi connectivity index (χ2v) is 4.48. The van der Waals surface area contributed by atoms with Crippen molar-refractivity contribution < 1.29 is 4.79 Å². The molecule has 2 N–H and O–H groups in total. The summed E-state index contributed by atoms with van der Waals surface area (Å²) in [6.07, 6.45) is 1.46. The zero-order valence-corrected chi connectivity index (χ0v) is 8.80. The van der Waals surface area contributed by atoms with E-state index in [1.54, 1.807) is 11.3 Å². The molecule has 14 heavy (non-hydrogen) atoms. The minimum Gasteiger partial charge on any atom is -0.341 e. The summed E-state index contributed by atoms with van der Waals surface area (Å²) in [5.74, 6) is 0.205. The second kappa shape index (κ2) is 4.11. The molecule has 0 saturated carbocycles. The van der Waals surface area contributed by atoms with Gasteiger partial charge in [-0.25, -0.2) is 0 Å². The molecule has 0 aliphatic carbocycles. The fourth-order valence-electron chi connectivity index (χ4n) is 1.69. The molecule has 4 heteroatoms. The Labute approximate surface area is 87.5 Å². The van der Waals surface area contributed by atoms with Gasteiger partial charge in [0.1, 0.15) is 0 Å². The highest BCUT2D eigenvalue weighted by atomic mass is 32.1. The van der Waals surface area contributed by atoms with E-state index in [0.29, 0.717) is 6.42 Å². The van der Waals surface area contributed by atoms with Gasteiger partial charge >= 0.3 is 0 Å². The Morgan fingerprint density at radius 1 is 1.71 bits per heavy atom. The van der Waals surface area contributed by atoms with Crippen LogP contribution in [0.1, 0.15) is 12.0 Å². The molecular formula is C10H14N2OS. The summed E-state index contributed by atoms with van der Waals surface area (Å²) in [5.41, 5.74) is 6.86. The Hall–Kier alpha value is -0.870. The molecule has 0 bridgehead atoms. The van der Waals surface area contributed by atoms with Crippen LogP contribution in [0.15, 0.2) is 16.8 Å². The van der Waals surface area contributed by atoms with Crippen molar-refractivity contribution in [2.45, 2.75) is 18.9 Å². The van der Waals surface area contributed by atoms with Gasteiger partial charge in [-0.1, -0.05) is 0 Å². The number of carbonyl (C=O) groups excluding carboxylic acids is 1. The van der Waals surface area contributed by atoms with Gasteiger partial charge in [-0.15, -0.1) is 0 Å². The standard InChI is InChI=1S/C10H14N2OS/c11-9-1-3-12(6-9)10(13)5-8-2-4-14-7-8/h2,4,7,9H,1,3,5-6,11H2. The summed E-state index contributed by atoms with van der Waals surface area (Å²) in [4.78, 5) is 13.6. The highest BCUT2D eigenvalue weighted by Crippen LogP contribution is 2.12. The average molecular weight is 210 g/mol. The zero-order valence-electron chi connectivity index (χ0n) is 7.98. The van der Waals surface area contributed by atoms with Crippen LogP contribution < -0.4 is 5.73 Å². The lowest BCUT2D eigenvalue weighted by molar-refractivity contribution is -0.129. The molecular weight excluding hydrogens is 196 g/mol. The molecule has 1 amide bonds. The van der Waals surface area contributed by atoms with Crippen molar-refractivity contribution in [3.05, 3.63) is 22.4 Å². The Balaban J connectivity index is 1.90. The van der Waals surface area contributed by atoms with Crippen LogP contribution in [-0.4, -0.2) is 29.9 Å². The molecule has 2 rings (SSSR count). The van der Waals surface area contributed by atoms with Crippen molar-refractivity contribution in [3.8, 4) is 0 Å². The van der Waals surface area contributed by atoms with Gasteiger partial charge in [-0.05, 0) is 28.8 Å². The highest BCUT2D eigenvalue weighted by molar-refractivity contribution is 7.07. The molecule has 0 radical (unpaired) electrons. The summed E-state index contributed by atoms with van der Waals surface area (Å²) >= 11 is 1.63. The van der Waals surface area contributed by atoms with Crippen LogP contribution in [0.5, 0.6) is 0 Å². The van der Waals surface area contributed by atoms with Crippen molar-refractivity contribution >= 4 is 17.2 Å². The van der Waals surface area contributed by atoms with E-state index in [9.17, 15) is 4.79 Å². The van der Waals surface area contributed by atoms with Gasteiger partial charge in [0.25, 0.3) is 0 Å². The minimum atomic E-state index is 0.182. The lowest BCUT2D eigenvalue weighted by atomic mass is 10.2. The van der Waals surface area contributed by atoms with E-state index in [1.165, 1.54) is 0 Å². The first-order valence-electron chi connectivity index (χ1n) is 4.80. The predicted molar refractivity (Wildman–Crippen MR) is 57.2 cm³/mol. The van der Waals surface area contributed by atoms with E-state index < -0.39 is 0 Å². The van der Waals surface area contributed by atoms with Crippen LogP contribution in [0.2, 0.25) is 0 Å². The van der Waals surface area contributed by atoms with Gasteiger partial charge in [-0.2, -0.15) is 11.3 Å². The summed E-state index contributed by atoms with van der Waals surface area (Å²) in [7, 11) is 0. The number of hydrogen-bond acceptors (Lipinski definition) is 3. The second-order valence-electron chi connectivity index (χ2n) is 3.70. The number of amides is 1. The van der Waals surface area contributed by atoms with E-state index in [-0.39, 0.29) is 11.9 Å². The number of thiophene rings is 1. The molecule has 1 aromatic heterocycles. The molecule has 1 atom stereocenters. The molecule has 0 spiro atoms. The van der Waals surface area contributed by atoms with E-state index in [0.717, 1.165) is 25.1 Å². The monoisotopic (exact) mass is 210 g/mol. The van der Waals surface area contributed by atoms with Crippen molar-refractivity contribution in [1.82, 2.24) is 4.90 Å². The normalized spacial score (nSPS) is 21.5. The van der Waals surface area contributed by atoms with E-state index in [4.69, 9.17) is 5.73 Å². The van der Waals surface area contributed by atoms with E-state index >= 15 is 0 Å². The molecule has 1 aliphatic rings. The Morgan fingerprint density at radius 2 is 2.57 bits per heavy atom. The number of nitrogens with zero attached hydrogens (tertiary/aromatic N) is 1. The van der Waals surface area contributed by atoms with E-state index in [1.807, 2.05) is 21.7 Å². The molecule has 1 saturated heterocycles. The maximum absolute atomic E-state index is 11.7. The fourth-order valence-corrected chi connectivity index (χ4v) is 2.36. The zero-order chi connectivity index (χ0) is 9.97. The highest BCUT2D eigenvalue weighted by Gasteiger charge is 2.23. The molecule has 0 aromatic carbocycles. The van der Waals surface area contributed by atoms with E-state index in [2.05, 4.69) is 0 Å². The summed E-state index contributed by atoms with van der Waals surface area (Å²) in [6, 6.07) is 2.18. The third-order valence-corrected chi connectivity index (χ3v) is 3.24. The van der Waals surface area contributed by atoms with Gasteiger partial charge in [0.2, 0.25) is 5.91 Å². The largest absolute Gasteiger partial charge is 0.341 e. The topological polar surface area (TPSA) is 46.3 Å². The maximum atomic E-state index is 11.7. The number of hydrogen-bond donors (Lipinski definition) is 1. The van der Waals surface area contributed by atoms with Crippen LogP contribution in [0, 0.1) is 0 Å². The molecule has 3 nitrogen and oxygen atoms in total. The quantitative estimate of drug-likeness (QED) is 0.786. The molecule has 1 unspecified atom stereocenters. The Morgan fingerprint density at radius 3 is 3.14 bits per heavy atom. The first-order valence-corrected chi connectivity index (χ1v) is 5.74. The van der Waals surface area contributed by atoms with Crippen LogP contribution in [0.4, 0.5) is 0 Å². The van der Waals surface area contributed by atoms with Crippen molar-refractivity contribution in [2.24, 2.45) is 5.73 Å². The molecule has 2 heterocycles. The summed E-state index contributed by atoms with van der Waals surface area (Å²) < 4.78 is 0. The van der Waals surface area contributed by atoms with Crippen LogP contribution in [0.25, 0.3) is 0 Å². The number of nitrogens with two attached hydrogens (primary N) is 1. The minimum absolute atomic E-state index is 0.182. The Bertz CT molecular complexity index is 310. The van der Waals surface area contributed by atoms with Gasteiger partial charge in [0.15, 0.2) is 0 Å². The van der Waals surface area contributed by atoms with Crippen LogP contribution in [0.3, 0.4) is 0 Å². The SMILES string of the molecule is NC1CCN(C(=O)Cc2ccsc2)C1. The van der Waals surface area contributed by atoms with Gasteiger partial charge < -0.3 is 10.6 Å². The van der Waals surface area contributed by atoms with Crippen molar-refractivity contribution in [3.63, 3.8) is 0 Å². The van der Waals surface area contributed by atoms with Gasteiger partial charge in [0.05, 0.1) is 6.42 Å². The number of likely N-dealkylation sites (tertiary alicyclic amines) is 1. The lowest BCUT2D eigenvalue weighted by Gasteiger charge is -2.14. The van der Waals surface area contributed by atoms with Gasteiger partial charge in [0, 0.05) is 19.1 Å². The molecule has 1 aliphatic heterocycles. The van der Waals surface area contributed by atoms with Crippen LogP contribution in [-0.2, 0) is 11.2 Å². The fraction of sp³-hybridized carbons (Fsp3) is 0.500. The number of carbonyl (C=O) groups is 1. The summed E-state index contributed by atoms with van der Waals surface area (Å²) in [6.45, 7) is 1.55. The van der Waals surface area contributed by atoms with Crippen molar-refractivity contribution in [2.75, 3.05) is 13.1 Å². The predicted octanol–water partition coefficient (Wildman–Crippen LogP) is 0.850. The van der Waals surface area contributed by atoms with Crippen LogP contribution >= 0.6 is 11.3 Å². The smallest absolute Gasteiger partial charge is 0.227 e. The average Bonchev–Trinajstić information content (AvgIpc) is 2.75. The van der Waals surface area contributed by atoms with Gasteiger partial charge in [-0.3, -0.25) is 4.79 Å². The molecule has 1 fully saturated rings. The lowest BCUT2D eigenvalue weighted by Crippen LogP contribution is -2.32. The molecule has 76 valence electrons. The summed E-state index contributed by atoms with van der Waals surface area (Å²) in [5, 5.41) is 4.02. The van der Waals surface area contributed by atoms with Crippen molar-refractivity contribution in [1.29, 1.82) is 0 Å². The Kier molecular flexibility index (Phi) is 2.84. The number of rotatable bonds is 2. The third kappa shape index (κ3) is 2.13. The first-order chi connectivity index (χ1) is 6.75. The third-order valence-electron chi connectivity index (χ3n) is 2.51. The first kappa shape index (κ1) is 9.68. The maximum Gasteiger partial charge on any atom is 0.227 e. The molecule has 1 aromatic rings.